The molecule has 0 aliphatic rings. The van der Waals surface area contributed by atoms with Gasteiger partial charge >= 0.3 is 0 Å². The highest BCUT2D eigenvalue weighted by molar-refractivity contribution is 5.80. The summed E-state index contributed by atoms with van der Waals surface area (Å²) in [6, 6.07) is 15.0. The Hall–Kier alpha value is -3.05. The summed E-state index contributed by atoms with van der Waals surface area (Å²) in [7, 11) is 1.65. The molecule has 2 nitrogen and oxygen atoms in total. The van der Waals surface area contributed by atoms with Crippen LogP contribution in [0.1, 0.15) is 121 Å². The average molecular weight is 544 g/mol. The second-order valence-corrected chi connectivity index (χ2v) is 10.4. The monoisotopic (exact) mass is 543 g/mol. The lowest BCUT2D eigenvalue weighted by molar-refractivity contribution is -0.122. The lowest BCUT2D eigenvalue weighted by Gasteiger charge is -2.14. The van der Waals surface area contributed by atoms with E-state index in [1.54, 1.807) is 7.05 Å². The standard InChI is InChI=1S/C27H34.C9H17NO.C2H6/c1-6-9-23(7-2)10-8-11-27-19-16-25(20-22(27)5)13-12-24-14-17-26(18-15-24)21(3)4;1-5-6-7(2)8(3)9(11)10-4;1-2/h14-20,23H,3,6-11H2,1-2,4-5H3;8H,2,5-6H2,1,3-4H3,(H,10,11);1-2H3. The normalized spacial score (nSPS) is 11.3. The molecule has 0 fully saturated rings. The van der Waals surface area contributed by atoms with Crippen molar-refractivity contribution in [1.82, 2.24) is 5.32 Å². The van der Waals surface area contributed by atoms with E-state index in [1.165, 1.54) is 55.2 Å². The van der Waals surface area contributed by atoms with E-state index in [1.807, 2.05) is 27.7 Å². The third kappa shape index (κ3) is 14.4. The molecule has 0 aliphatic carbocycles. The van der Waals surface area contributed by atoms with Gasteiger partial charge in [-0.05, 0) is 86.9 Å². The van der Waals surface area contributed by atoms with Crippen molar-refractivity contribution in [2.24, 2.45) is 11.8 Å². The predicted octanol–water partition coefficient (Wildman–Crippen LogP) is 10.3. The molecule has 2 heteroatoms. The number of benzene rings is 2. The van der Waals surface area contributed by atoms with Crippen LogP contribution in [-0.4, -0.2) is 13.0 Å². The van der Waals surface area contributed by atoms with Gasteiger partial charge in [-0.3, -0.25) is 4.79 Å². The quantitative estimate of drug-likeness (QED) is 0.209. The SMILES string of the molecule is C=C(C)c1ccc(C#Cc2ccc(CCCC(CC)CCC)c(C)c2)cc1.C=C(CCC)C(C)C(=O)NC.CC. The Labute approximate surface area is 247 Å². The van der Waals surface area contributed by atoms with Gasteiger partial charge in [-0.2, -0.15) is 0 Å². The van der Waals surface area contributed by atoms with Gasteiger partial charge in [0, 0.05) is 18.2 Å². The maximum Gasteiger partial charge on any atom is 0.226 e. The van der Waals surface area contributed by atoms with E-state index in [2.05, 4.69) is 100 Å². The first-order valence-electron chi connectivity index (χ1n) is 15.4. The minimum Gasteiger partial charge on any atom is -0.359 e. The third-order valence-electron chi connectivity index (χ3n) is 7.23. The van der Waals surface area contributed by atoms with Gasteiger partial charge in [-0.15, -0.1) is 0 Å². The zero-order valence-electron chi connectivity index (χ0n) is 27.2. The predicted molar refractivity (Wildman–Crippen MR) is 179 cm³/mol. The molecule has 0 heterocycles. The Kier molecular flexibility index (Phi) is 20.1. The number of amides is 1. The Morgan fingerprint density at radius 3 is 2.02 bits per heavy atom. The van der Waals surface area contributed by atoms with E-state index >= 15 is 0 Å². The molecule has 1 amide bonds. The molecule has 2 atom stereocenters. The van der Waals surface area contributed by atoms with Crippen LogP contribution >= 0.6 is 0 Å². The van der Waals surface area contributed by atoms with Crippen molar-refractivity contribution >= 4 is 11.5 Å². The number of nitrogens with one attached hydrogen (secondary N) is 1. The number of hydrogen-bond acceptors (Lipinski definition) is 1. The van der Waals surface area contributed by atoms with E-state index < -0.39 is 0 Å². The fourth-order valence-electron chi connectivity index (χ4n) is 4.52. The molecule has 0 saturated heterocycles. The van der Waals surface area contributed by atoms with Crippen molar-refractivity contribution < 1.29 is 4.79 Å². The number of rotatable bonds is 12. The first kappa shape index (κ1) is 37.0. The van der Waals surface area contributed by atoms with Gasteiger partial charge in [0.15, 0.2) is 0 Å². The van der Waals surface area contributed by atoms with Gasteiger partial charge in [-0.25, -0.2) is 0 Å². The summed E-state index contributed by atoms with van der Waals surface area (Å²) in [5.74, 6) is 7.50. The number of carbonyl (C=O) groups excluding carboxylic acids is 1. The van der Waals surface area contributed by atoms with Crippen molar-refractivity contribution in [3.8, 4) is 11.8 Å². The maximum absolute atomic E-state index is 11.1. The average Bonchev–Trinajstić information content (AvgIpc) is 2.97. The molecule has 2 aromatic carbocycles. The lowest BCUT2D eigenvalue weighted by atomic mass is 9.92. The minimum atomic E-state index is -0.0417. The molecule has 0 bridgehead atoms. The first-order chi connectivity index (χ1) is 19.2. The molecule has 0 aromatic heterocycles. The summed E-state index contributed by atoms with van der Waals surface area (Å²) in [6.07, 6.45) is 9.81. The zero-order chi connectivity index (χ0) is 30.5. The van der Waals surface area contributed by atoms with Crippen molar-refractivity contribution in [3.05, 3.63) is 89.0 Å². The molecular formula is C38H57NO. The summed E-state index contributed by atoms with van der Waals surface area (Å²) < 4.78 is 0. The molecule has 0 aliphatic heterocycles. The number of hydrogen-bond donors (Lipinski definition) is 1. The smallest absolute Gasteiger partial charge is 0.226 e. The van der Waals surface area contributed by atoms with Crippen molar-refractivity contribution in [1.29, 1.82) is 0 Å². The fourth-order valence-corrected chi connectivity index (χ4v) is 4.52. The number of carbonyl (C=O) groups is 1. The van der Waals surface area contributed by atoms with Gasteiger partial charge in [0.2, 0.25) is 5.91 Å². The second-order valence-electron chi connectivity index (χ2n) is 10.4. The van der Waals surface area contributed by atoms with Gasteiger partial charge in [-0.1, -0.05) is 121 Å². The van der Waals surface area contributed by atoms with Crippen molar-refractivity contribution in [2.75, 3.05) is 7.05 Å². The van der Waals surface area contributed by atoms with Crippen molar-refractivity contribution in [2.45, 2.75) is 107 Å². The molecule has 2 aromatic rings. The largest absolute Gasteiger partial charge is 0.359 e. The molecule has 220 valence electrons. The van der Waals surface area contributed by atoms with E-state index in [0.717, 1.165) is 41.0 Å². The number of aryl methyl sites for hydroxylation is 2. The molecule has 40 heavy (non-hydrogen) atoms. The molecule has 2 rings (SSSR count). The minimum absolute atomic E-state index is 0.0417. The molecule has 0 spiro atoms. The van der Waals surface area contributed by atoms with Crippen LogP contribution in [-0.2, 0) is 11.2 Å². The summed E-state index contributed by atoms with van der Waals surface area (Å²) in [5, 5.41) is 2.60. The van der Waals surface area contributed by atoms with Gasteiger partial charge < -0.3 is 5.32 Å². The van der Waals surface area contributed by atoms with Crippen LogP contribution < -0.4 is 5.32 Å². The maximum atomic E-state index is 11.1. The Morgan fingerprint density at radius 2 is 1.52 bits per heavy atom. The van der Waals surface area contributed by atoms with Gasteiger partial charge in [0.1, 0.15) is 0 Å². The van der Waals surface area contributed by atoms with E-state index in [4.69, 9.17) is 0 Å². The summed E-state index contributed by atoms with van der Waals surface area (Å²) in [5.41, 5.74) is 8.25. The first-order valence-corrected chi connectivity index (χ1v) is 15.4. The van der Waals surface area contributed by atoms with Crippen LogP contribution in [0.2, 0.25) is 0 Å². The van der Waals surface area contributed by atoms with Crippen LogP contribution in [0.5, 0.6) is 0 Å². The van der Waals surface area contributed by atoms with E-state index in [9.17, 15) is 4.79 Å². The highest BCUT2D eigenvalue weighted by atomic mass is 16.1. The summed E-state index contributed by atoms with van der Waals surface area (Å²) >= 11 is 0. The molecule has 2 unspecified atom stereocenters. The zero-order valence-corrected chi connectivity index (χ0v) is 27.2. The van der Waals surface area contributed by atoms with Crippen LogP contribution in [0.25, 0.3) is 5.57 Å². The van der Waals surface area contributed by atoms with Gasteiger partial charge in [0.05, 0.1) is 5.92 Å². The highest BCUT2D eigenvalue weighted by Crippen LogP contribution is 2.20. The second kappa shape index (κ2) is 21.7. The third-order valence-corrected chi connectivity index (χ3v) is 7.23. The van der Waals surface area contributed by atoms with Gasteiger partial charge in [0.25, 0.3) is 0 Å². The Balaban J connectivity index is 0.000000985. The molecular weight excluding hydrogens is 486 g/mol. The summed E-state index contributed by atoms with van der Waals surface area (Å²) in [4.78, 5) is 11.1. The van der Waals surface area contributed by atoms with Crippen LogP contribution in [0.15, 0.2) is 61.2 Å². The Morgan fingerprint density at radius 1 is 0.925 bits per heavy atom. The molecule has 0 radical (unpaired) electrons. The highest BCUT2D eigenvalue weighted by Gasteiger charge is 2.13. The topological polar surface area (TPSA) is 29.1 Å². The van der Waals surface area contributed by atoms with Crippen molar-refractivity contribution in [3.63, 3.8) is 0 Å². The molecule has 0 saturated carbocycles. The Bertz CT molecular complexity index is 1080. The number of allylic oxidation sites excluding steroid dienone is 1. The van der Waals surface area contributed by atoms with Crippen LogP contribution in [0.4, 0.5) is 0 Å². The fraction of sp³-hybridized carbons (Fsp3) is 0.500. The molecule has 1 N–H and O–H groups in total. The lowest BCUT2D eigenvalue weighted by Crippen LogP contribution is -2.26. The van der Waals surface area contributed by atoms with Crippen LogP contribution in [0.3, 0.4) is 0 Å². The summed E-state index contributed by atoms with van der Waals surface area (Å²) in [6.45, 7) is 24.7. The van der Waals surface area contributed by atoms with Crippen LogP contribution in [0, 0.1) is 30.6 Å². The van der Waals surface area contributed by atoms with E-state index in [-0.39, 0.29) is 11.8 Å². The van der Waals surface area contributed by atoms with E-state index in [0.29, 0.717) is 0 Å².